The first-order valence-corrected chi connectivity index (χ1v) is 9.36. The molecule has 1 spiro atoms. The number of ether oxygens (including phenoxy) is 3. The van der Waals surface area contributed by atoms with E-state index in [-0.39, 0.29) is 53.7 Å². The van der Waals surface area contributed by atoms with Crippen molar-refractivity contribution in [2.75, 3.05) is 20.3 Å². The van der Waals surface area contributed by atoms with Gasteiger partial charge in [0.15, 0.2) is 5.41 Å². The third kappa shape index (κ3) is 2.88. The summed E-state index contributed by atoms with van der Waals surface area (Å²) in [6.45, 7) is 3.43. The molecule has 0 fully saturated rings. The molecule has 9 heteroatoms. The summed E-state index contributed by atoms with van der Waals surface area (Å²) in [5.41, 5.74) is 4.11. The molecule has 0 radical (unpaired) electrons. The molecule has 0 aromatic heterocycles. The van der Waals surface area contributed by atoms with Crippen LogP contribution in [0.4, 0.5) is 0 Å². The Hall–Kier alpha value is -3.80. The lowest BCUT2D eigenvalue weighted by Gasteiger charge is -2.34. The average molecular weight is 411 g/mol. The minimum atomic E-state index is -1.88. The molecule has 156 valence electrons. The summed E-state index contributed by atoms with van der Waals surface area (Å²) in [5.74, 6) is -2.12. The molecule has 0 saturated heterocycles. The van der Waals surface area contributed by atoms with Crippen LogP contribution in [0, 0.1) is 11.3 Å². The van der Waals surface area contributed by atoms with E-state index in [9.17, 15) is 19.6 Å². The van der Waals surface area contributed by atoms with Crippen molar-refractivity contribution in [3.8, 4) is 11.8 Å². The number of benzene rings is 1. The normalized spacial score (nSPS) is 20.1. The topological polar surface area (TPSA) is 132 Å². The molecule has 1 atom stereocenters. The minimum Gasteiger partial charge on any atom is -0.466 e. The number of amides is 1. The van der Waals surface area contributed by atoms with Gasteiger partial charge in [0.2, 0.25) is 11.8 Å². The Balaban J connectivity index is 2.39. The molecule has 30 heavy (non-hydrogen) atoms. The number of nitrogens with two attached hydrogens (primary N) is 1. The number of nitrogens with zero attached hydrogens (tertiary/aromatic N) is 2. The van der Waals surface area contributed by atoms with Gasteiger partial charge >= 0.3 is 11.9 Å². The summed E-state index contributed by atoms with van der Waals surface area (Å²) >= 11 is 0. The quantitative estimate of drug-likeness (QED) is 0.716. The van der Waals surface area contributed by atoms with Gasteiger partial charge in [-0.2, -0.15) is 5.26 Å². The van der Waals surface area contributed by atoms with Gasteiger partial charge in [-0.3, -0.25) is 9.59 Å². The van der Waals surface area contributed by atoms with Gasteiger partial charge < -0.3 is 24.8 Å². The van der Waals surface area contributed by atoms with E-state index < -0.39 is 23.3 Å². The van der Waals surface area contributed by atoms with E-state index >= 15 is 0 Å². The Bertz CT molecular complexity index is 1040. The predicted octanol–water partition coefficient (Wildman–Crippen LogP) is 1.25. The molecule has 0 bridgehead atoms. The first-order chi connectivity index (χ1) is 14.3. The summed E-state index contributed by atoms with van der Waals surface area (Å²) < 4.78 is 15.8. The van der Waals surface area contributed by atoms with E-state index in [2.05, 4.69) is 0 Å². The first kappa shape index (κ1) is 20.9. The summed E-state index contributed by atoms with van der Waals surface area (Å²) in [5, 5.41) is 9.89. The maximum atomic E-state index is 13.7. The third-order valence-electron chi connectivity index (χ3n) is 5.03. The summed E-state index contributed by atoms with van der Waals surface area (Å²) in [7, 11) is 1.42. The van der Waals surface area contributed by atoms with Crippen LogP contribution in [0.5, 0.6) is 5.75 Å². The number of hydrogen-bond donors (Lipinski definition) is 1. The molecule has 3 rings (SSSR count). The zero-order valence-electron chi connectivity index (χ0n) is 16.9. The number of esters is 2. The van der Waals surface area contributed by atoms with Crippen LogP contribution in [-0.4, -0.2) is 43.0 Å². The summed E-state index contributed by atoms with van der Waals surface area (Å²) in [6.07, 6.45) is -0.354. The molecule has 1 aromatic rings. The standard InChI is InChI=1S/C21H21N3O6/c1-4-28-16(25)10-14-17(19(26)29-5-2)21(20(27)24(14)3)12-8-6-7-9-15(12)30-18(23)13(21)11-22/h6-9H,4-5,10,23H2,1-3H3. The molecule has 2 heterocycles. The lowest BCUT2D eigenvalue weighted by Crippen LogP contribution is -2.46. The molecular weight excluding hydrogens is 390 g/mol. The largest absolute Gasteiger partial charge is 0.466 e. The number of para-hydroxylation sites is 1. The maximum Gasteiger partial charge on any atom is 0.337 e. The Kier molecular flexibility index (Phi) is 5.52. The smallest absolute Gasteiger partial charge is 0.337 e. The molecule has 1 unspecified atom stereocenters. The van der Waals surface area contributed by atoms with Gasteiger partial charge in [-0.05, 0) is 19.9 Å². The number of fused-ring (bicyclic) bond motifs is 2. The molecular formula is C21H21N3O6. The van der Waals surface area contributed by atoms with E-state index in [1.165, 1.54) is 11.9 Å². The van der Waals surface area contributed by atoms with Crippen LogP contribution in [0.1, 0.15) is 25.8 Å². The highest BCUT2D eigenvalue weighted by atomic mass is 16.5. The molecule has 1 amide bonds. The van der Waals surface area contributed by atoms with Crippen LogP contribution >= 0.6 is 0 Å². The van der Waals surface area contributed by atoms with E-state index in [0.29, 0.717) is 0 Å². The Morgan fingerprint density at radius 2 is 1.90 bits per heavy atom. The van der Waals surface area contributed by atoms with Crippen molar-refractivity contribution in [3.05, 3.63) is 52.6 Å². The van der Waals surface area contributed by atoms with Crippen LogP contribution in [0.2, 0.25) is 0 Å². The monoisotopic (exact) mass is 411 g/mol. The van der Waals surface area contributed by atoms with Crippen LogP contribution in [0.3, 0.4) is 0 Å². The summed E-state index contributed by atoms with van der Waals surface area (Å²) in [6, 6.07) is 8.42. The number of carbonyl (C=O) groups excluding carboxylic acids is 3. The van der Waals surface area contributed by atoms with E-state index in [1.54, 1.807) is 38.1 Å². The highest BCUT2D eigenvalue weighted by molar-refractivity contribution is 6.13. The number of likely N-dealkylation sites (N-methyl/N-ethyl adjacent to an activating group) is 1. The van der Waals surface area contributed by atoms with Crippen LogP contribution < -0.4 is 10.5 Å². The lowest BCUT2D eigenvalue weighted by molar-refractivity contribution is -0.142. The first-order valence-electron chi connectivity index (χ1n) is 9.36. The average Bonchev–Trinajstić information content (AvgIpc) is 2.91. The van der Waals surface area contributed by atoms with Crippen molar-refractivity contribution >= 4 is 17.8 Å². The Morgan fingerprint density at radius 3 is 2.53 bits per heavy atom. The number of hydrogen-bond acceptors (Lipinski definition) is 8. The second-order valence-electron chi connectivity index (χ2n) is 6.59. The second-order valence-corrected chi connectivity index (χ2v) is 6.59. The van der Waals surface area contributed by atoms with Crippen LogP contribution in [0.15, 0.2) is 47.0 Å². The SMILES string of the molecule is CCOC(=O)CC1=C(C(=O)OCC)C2(C(=O)N1C)C(C#N)=C(N)Oc1ccccc12. The van der Waals surface area contributed by atoms with Crippen LogP contribution in [-0.2, 0) is 29.3 Å². The Labute approximate surface area is 173 Å². The molecule has 9 nitrogen and oxygen atoms in total. The summed E-state index contributed by atoms with van der Waals surface area (Å²) in [4.78, 5) is 40.2. The van der Waals surface area contributed by atoms with Gasteiger partial charge in [0.1, 0.15) is 17.4 Å². The fourth-order valence-corrected chi connectivity index (χ4v) is 3.87. The molecule has 0 saturated carbocycles. The van der Waals surface area contributed by atoms with E-state index in [0.717, 1.165) is 0 Å². The number of nitriles is 1. The van der Waals surface area contributed by atoms with Crippen molar-refractivity contribution in [3.63, 3.8) is 0 Å². The highest BCUT2D eigenvalue weighted by Crippen LogP contribution is 2.53. The second kappa shape index (κ2) is 7.91. The zero-order valence-corrected chi connectivity index (χ0v) is 16.9. The van der Waals surface area contributed by atoms with Crippen molar-refractivity contribution in [1.29, 1.82) is 5.26 Å². The van der Waals surface area contributed by atoms with Crippen LogP contribution in [0.25, 0.3) is 0 Å². The lowest BCUT2D eigenvalue weighted by atomic mass is 9.68. The van der Waals surface area contributed by atoms with E-state index in [1.807, 2.05) is 6.07 Å². The molecule has 2 aliphatic rings. The zero-order chi connectivity index (χ0) is 22.1. The predicted molar refractivity (Wildman–Crippen MR) is 103 cm³/mol. The third-order valence-corrected chi connectivity index (χ3v) is 5.03. The van der Waals surface area contributed by atoms with Gasteiger partial charge in [0, 0.05) is 18.3 Å². The molecule has 1 aromatic carbocycles. The van der Waals surface area contributed by atoms with Gasteiger partial charge in [-0.1, -0.05) is 18.2 Å². The highest BCUT2D eigenvalue weighted by Gasteiger charge is 2.62. The van der Waals surface area contributed by atoms with Gasteiger partial charge in [0.25, 0.3) is 0 Å². The fraction of sp³-hybridized carbons (Fsp3) is 0.333. The van der Waals surface area contributed by atoms with Gasteiger partial charge in [-0.15, -0.1) is 0 Å². The van der Waals surface area contributed by atoms with Gasteiger partial charge in [-0.25, -0.2) is 4.79 Å². The molecule has 0 aliphatic carbocycles. The minimum absolute atomic E-state index is 0.0300. The number of rotatable bonds is 5. The van der Waals surface area contributed by atoms with Crippen molar-refractivity contribution < 1.29 is 28.6 Å². The maximum absolute atomic E-state index is 13.7. The molecule has 2 aliphatic heterocycles. The van der Waals surface area contributed by atoms with Crippen molar-refractivity contribution in [2.45, 2.75) is 25.7 Å². The Morgan fingerprint density at radius 1 is 1.23 bits per heavy atom. The fourth-order valence-electron chi connectivity index (χ4n) is 3.87. The number of carbonyl (C=O) groups is 3. The van der Waals surface area contributed by atoms with Crippen molar-refractivity contribution in [1.82, 2.24) is 4.90 Å². The van der Waals surface area contributed by atoms with Crippen molar-refractivity contribution in [2.24, 2.45) is 5.73 Å². The molecule has 2 N–H and O–H groups in total. The van der Waals surface area contributed by atoms with E-state index in [4.69, 9.17) is 19.9 Å². The van der Waals surface area contributed by atoms with Gasteiger partial charge in [0.05, 0.1) is 25.2 Å².